The van der Waals surface area contributed by atoms with Crippen molar-refractivity contribution in [2.45, 2.75) is 32.4 Å². The van der Waals surface area contributed by atoms with Crippen LogP contribution in [0.1, 0.15) is 25.3 Å². The molecular weight excluding hydrogens is 198 g/mol. The van der Waals surface area contributed by atoms with Gasteiger partial charge in [0.2, 0.25) is 0 Å². The van der Waals surface area contributed by atoms with Crippen molar-refractivity contribution in [2.75, 3.05) is 19.6 Å². The lowest BCUT2D eigenvalue weighted by Gasteiger charge is -2.31. The average molecular weight is 221 g/mol. The van der Waals surface area contributed by atoms with Crippen LogP contribution in [0.5, 0.6) is 0 Å². The second kappa shape index (κ2) is 5.51. The molecule has 0 aliphatic carbocycles. The van der Waals surface area contributed by atoms with Gasteiger partial charge in [0.05, 0.1) is 0 Å². The van der Waals surface area contributed by atoms with E-state index in [1.54, 1.807) is 0 Å². The summed E-state index contributed by atoms with van der Waals surface area (Å²) in [4.78, 5) is 2.53. The zero-order chi connectivity index (χ0) is 11.4. The fourth-order valence-electron chi connectivity index (χ4n) is 2.38. The normalized spacial score (nSPS) is 19.1. The third-order valence-corrected chi connectivity index (χ3v) is 3.52. The topological polar surface area (TPSA) is 20.2 Å². The van der Waals surface area contributed by atoms with Gasteiger partial charge in [-0.15, -0.1) is 0 Å². The van der Waals surface area contributed by atoms with E-state index in [1.807, 2.05) is 0 Å². The number of rotatable bonds is 4. The van der Waals surface area contributed by atoms with Crippen LogP contribution in [0.4, 0.5) is 0 Å². The molecule has 90 valence electrons. The van der Waals surface area contributed by atoms with E-state index in [9.17, 15) is 0 Å². The first-order valence-corrected chi connectivity index (χ1v) is 6.34. The minimum atomic E-state index is 0.711. The van der Waals surface area contributed by atoms with Crippen LogP contribution in [0.25, 0.3) is 0 Å². The molecule has 3 heteroatoms. The Morgan fingerprint density at radius 1 is 1.38 bits per heavy atom. The van der Waals surface area contributed by atoms with Crippen molar-refractivity contribution in [3.8, 4) is 0 Å². The van der Waals surface area contributed by atoms with Crippen molar-refractivity contribution in [3.63, 3.8) is 0 Å². The first-order chi connectivity index (χ1) is 7.78. The first kappa shape index (κ1) is 11.7. The predicted molar refractivity (Wildman–Crippen MR) is 67.4 cm³/mol. The van der Waals surface area contributed by atoms with E-state index in [2.05, 4.69) is 47.2 Å². The van der Waals surface area contributed by atoms with E-state index in [0.717, 1.165) is 6.54 Å². The van der Waals surface area contributed by atoms with Crippen LogP contribution in [-0.2, 0) is 13.6 Å². The molecule has 0 amide bonds. The highest BCUT2D eigenvalue weighted by Gasteiger charge is 2.17. The lowest BCUT2D eigenvalue weighted by atomic mass is 10.0. The van der Waals surface area contributed by atoms with E-state index in [-0.39, 0.29) is 0 Å². The Kier molecular flexibility index (Phi) is 4.02. The van der Waals surface area contributed by atoms with Gasteiger partial charge < -0.3 is 14.8 Å². The maximum atomic E-state index is 3.66. The van der Waals surface area contributed by atoms with Crippen LogP contribution < -0.4 is 5.32 Å². The van der Waals surface area contributed by atoms with Crippen LogP contribution in [-0.4, -0.2) is 35.1 Å². The number of likely N-dealkylation sites (tertiary alicyclic amines) is 1. The molecule has 0 atom stereocenters. The van der Waals surface area contributed by atoms with Gasteiger partial charge in [-0.1, -0.05) is 6.92 Å². The van der Waals surface area contributed by atoms with Crippen molar-refractivity contribution < 1.29 is 0 Å². The third-order valence-electron chi connectivity index (χ3n) is 3.52. The summed E-state index contributed by atoms with van der Waals surface area (Å²) in [7, 11) is 2.07. The van der Waals surface area contributed by atoms with Gasteiger partial charge in [0.1, 0.15) is 0 Å². The highest BCUT2D eigenvalue weighted by molar-refractivity contribution is 5.09. The molecule has 0 aromatic carbocycles. The third kappa shape index (κ3) is 3.09. The van der Waals surface area contributed by atoms with Crippen molar-refractivity contribution in [2.24, 2.45) is 7.05 Å². The van der Waals surface area contributed by atoms with Crippen molar-refractivity contribution in [1.29, 1.82) is 0 Å². The molecule has 1 saturated heterocycles. The average Bonchev–Trinajstić information content (AvgIpc) is 2.73. The molecule has 1 fully saturated rings. The van der Waals surface area contributed by atoms with E-state index < -0.39 is 0 Å². The molecule has 0 unspecified atom stereocenters. The van der Waals surface area contributed by atoms with Crippen LogP contribution in [0, 0.1) is 0 Å². The molecule has 0 bridgehead atoms. The maximum absolute atomic E-state index is 3.66. The highest BCUT2D eigenvalue weighted by atomic mass is 15.1. The van der Waals surface area contributed by atoms with Gasteiger partial charge in [-0.05, 0) is 44.1 Å². The Morgan fingerprint density at radius 3 is 2.69 bits per heavy atom. The van der Waals surface area contributed by atoms with Gasteiger partial charge in [0, 0.05) is 32.0 Å². The van der Waals surface area contributed by atoms with Gasteiger partial charge in [-0.2, -0.15) is 0 Å². The summed E-state index contributed by atoms with van der Waals surface area (Å²) in [6.45, 7) is 6.96. The first-order valence-electron chi connectivity index (χ1n) is 6.34. The predicted octanol–water partition coefficient (Wildman–Crippen LogP) is 1.60. The molecule has 0 spiro atoms. The number of hydrogen-bond donors (Lipinski definition) is 1. The molecule has 3 nitrogen and oxygen atoms in total. The zero-order valence-electron chi connectivity index (χ0n) is 10.4. The number of aromatic nitrogens is 1. The lowest BCUT2D eigenvalue weighted by molar-refractivity contribution is 0.206. The number of piperidine rings is 1. The number of nitrogens with one attached hydrogen (secondary N) is 1. The standard InChI is InChI=1S/C13H23N3/c1-3-16-8-5-13(6-9-16)14-10-12-4-7-15(2)11-12/h4,7,11,13-14H,3,5-6,8-10H2,1-2H3. The molecule has 1 aromatic heterocycles. The monoisotopic (exact) mass is 221 g/mol. The Hall–Kier alpha value is -0.800. The van der Waals surface area contributed by atoms with Crippen LogP contribution in [0.3, 0.4) is 0 Å². The minimum Gasteiger partial charge on any atom is -0.357 e. The smallest absolute Gasteiger partial charge is 0.0223 e. The molecule has 1 aliphatic rings. The molecule has 1 aromatic rings. The second-order valence-electron chi connectivity index (χ2n) is 4.77. The molecule has 0 radical (unpaired) electrons. The molecule has 1 aliphatic heterocycles. The molecule has 2 rings (SSSR count). The number of hydrogen-bond acceptors (Lipinski definition) is 2. The molecule has 2 heterocycles. The highest BCUT2D eigenvalue weighted by Crippen LogP contribution is 2.10. The Bertz CT molecular complexity index is 311. The van der Waals surface area contributed by atoms with Crippen molar-refractivity contribution >= 4 is 0 Å². The molecule has 1 N–H and O–H groups in total. The second-order valence-corrected chi connectivity index (χ2v) is 4.77. The Morgan fingerprint density at radius 2 is 2.12 bits per heavy atom. The quantitative estimate of drug-likeness (QED) is 0.833. The van der Waals surface area contributed by atoms with Crippen LogP contribution in [0.15, 0.2) is 18.5 Å². The van der Waals surface area contributed by atoms with Gasteiger partial charge >= 0.3 is 0 Å². The summed E-state index contributed by atoms with van der Waals surface area (Å²) in [5.41, 5.74) is 1.39. The summed E-state index contributed by atoms with van der Waals surface area (Å²) < 4.78 is 2.11. The van der Waals surface area contributed by atoms with Crippen molar-refractivity contribution in [1.82, 2.24) is 14.8 Å². The Labute approximate surface area is 98.4 Å². The summed E-state index contributed by atoms with van der Waals surface area (Å²) in [5, 5.41) is 3.66. The van der Waals surface area contributed by atoms with E-state index in [1.165, 1.54) is 38.0 Å². The molecule has 16 heavy (non-hydrogen) atoms. The van der Waals surface area contributed by atoms with Gasteiger partial charge in [-0.25, -0.2) is 0 Å². The van der Waals surface area contributed by atoms with E-state index in [4.69, 9.17) is 0 Å². The molecular formula is C13H23N3. The summed E-state index contributed by atoms with van der Waals surface area (Å²) in [6, 6.07) is 2.90. The maximum Gasteiger partial charge on any atom is 0.0223 e. The van der Waals surface area contributed by atoms with E-state index >= 15 is 0 Å². The van der Waals surface area contributed by atoms with Crippen LogP contribution in [0.2, 0.25) is 0 Å². The summed E-state index contributed by atoms with van der Waals surface area (Å²) in [5.74, 6) is 0. The fraction of sp³-hybridized carbons (Fsp3) is 0.692. The SMILES string of the molecule is CCN1CCC(NCc2ccn(C)c2)CC1. The largest absolute Gasteiger partial charge is 0.357 e. The lowest BCUT2D eigenvalue weighted by Crippen LogP contribution is -2.42. The van der Waals surface area contributed by atoms with E-state index in [0.29, 0.717) is 6.04 Å². The summed E-state index contributed by atoms with van der Waals surface area (Å²) in [6.07, 6.45) is 6.88. The minimum absolute atomic E-state index is 0.711. The summed E-state index contributed by atoms with van der Waals surface area (Å²) >= 11 is 0. The number of aryl methyl sites for hydroxylation is 1. The van der Waals surface area contributed by atoms with Crippen molar-refractivity contribution in [3.05, 3.63) is 24.0 Å². The van der Waals surface area contributed by atoms with Gasteiger partial charge in [0.15, 0.2) is 0 Å². The van der Waals surface area contributed by atoms with Crippen LogP contribution >= 0.6 is 0 Å². The van der Waals surface area contributed by atoms with Gasteiger partial charge in [-0.3, -0.25) is 0 Å². The Balaban J connectivity index is 1.71. The zero-order valence-corrected chi connectivity index (χ0v) is 10.4. The number of nitrogens with zero attached hydrogens (tertiary/aromatic N) is 2. The molecule has 0 saturated carbocycles. The van der Waals surface area contributed by atoms with Gasteiger partial charge in [0.25, 0.3) is 0 Å². The fourth-order valence-corrected chi connectivity index (χ4v) is 2.38.